The molecule has 2 aliphatic rings. The third-order valence-corrected chi connectivity index (χ3v) is 15.2. The second-order valence-electron chi connectivity index (χ2n) is 21.9. The summed E-state index contributed by atoms with van der Waals surface area (Å²) in [4.78, 5) is 46.4. The van der Waals surface area contributed by atoms with E-state index in [4.69, 9.17) is 57.8 Å². The van der Waals surface area contributed by atoms with Crippen LogP contribution in [0.15, 0.2) is 64.0 Å². The van der Waals surface area contributed by atoms with Crippen LogP contribution in [0.25, 0.3) is 17.2 Å². The van der Waals surface area contributed by atoms with Crippen molar-refractivity contribution in [2.45, 2.75) is 63.9 Å². The summed E-state index contributed by atoms with van der Waals surface area (Å²) < 4.78 is 147. The lowest BCUT2D eigenvalue weighted by Crippen LogP contribution is -2.53. The van der Waals surface area contributed by atoms with Crippen molar-refractivity contribution < 1.29 is 97.2 Å². The summed E-state index contributed by atoms with van der Waals surface area (Å²) >= 11 is 0. The molecule has 0 radical (unpaired) electrons. The molecule has 90 heavy (non-hydrogen) atoms. The van der Waals surface area contributed by atoms with Crippen LogP contribution in [-0.4, -0.2) is 237 Å². The Bertz CT molecular complexity index is 2820. The molecule has 5 rings (SSSR count). The monoisotopic (exact) mass is 1300 g/mol. The molecular weight excluding hydrogens is 1210 g/mol. The van der Waals surface area contributed by atoms with Gasteiger partial charge < -0.3 is 77.7 Å². The quantitative estimate of drug-likeness (QED) is 0.0200. The highest BCUT2D eigenvalue weighted by Gasteiger charge is 2.37. The molecule has 23 nitrogen and oxygen atoms in total. The molecule has 0 unspecified atom stereocenters. The summed E-state index contributed by atoms with van der Waals surface area (Å²) in [6.45, 7) is 18.0. The minimum Gasteiger partial charge on any atom is -0.444 e. The van der Waals surface area contributed by atoms with Crippen molar-refractivity contribution in [3.8, 4) is 16.9 Å². The standard InChI is InChI=1S/C62H90F4N6O17S/c1-6-15-71(16-8-14-68-61(75)89-62(2,3)4)60(74)50-38-49-12-11-48(40-54(49)69-55(67)41-50)47-9-7-10-51(39-47)90(76,77)72-44-46(45-72)43-70(5)17-19-79-21-23-81-25-27-83-29-31-85-33-35-87-37-36-86-34-32-84-30-28-82-26-24-80-22-20-78-18-13-56(73)88-59-57(65)52(63)42-53(64)58(59)66/h7,9-12,38-40,42,46H,6,8,13-37,41,43-45H2,1-5H3,(H2,67,69)(H,68,75). The van der Waals surface area contributed by atoms with E-state index >= 15 is 0 Å². The van der Waals surface area contributed by atoms with E-state index in [2.05, 4.69) is 19.9 Å². The second-order valence-corrected chi connectivity index (χ2v) is 23.9. The maximum atomic E-state index is 13.8. The maximum absolute atomic E-state index is 13.8. The average molecular weight is 1300 g/mol. The molecule has 0 atom stereocenters. The van der Waals surface area contributed by atoms with Gasteiger partial charge in [-0.1, -0.05) is 31.2 Å². The molecule has 1 saturated heterocycles. The van der Waals surface area contributed by atoms with Crippen LogP contribution in [0.2, 0.25) is 0 Å². The first kappa shape index (κ1) is 75.0. The van der Waals surface area contributed by atoms with Gasteiger partial charge in [0.1, 0.15) is 11.4 Å². The summed E-state index contributed by atoms with van der Waals surface area (Å²) in [6.07, 6.45) is 2.38. The Labute approximate surface area is 525 Å². The predicted octanol–water partition coefficient (Wildman–Crippen LogP) is 6.55. The summed E-state index contributed by atoms with van der Waals surface area (Å²) in [6, 6.07) is 12.5. The molecule has 0 aromatic heterocycles. The summed E-state index contributed by atoms with van der Waals surface area (Å²) in [5, 5.41) is 2.75. The highest BCUT2D eigenvalue weighted by Crippen LogP contribution is 2.34. The number of likely N-dealkylation sites (N-methyl/N-ethyl adjacent to an activating group) is 1. The van der Waals surface area contributed by atoms with E-state index in [0.29, 0.717) is 168 Å². The zero-order valence-electron chi connectivity index (χ0n) is 52.4. The number of halogens is 4. The van der Waals surface area contributed by atoms with Crippen LogP contribution in [-0.2, 0) is 71.7 Å². The van der Waals surface area contributed by atoms with Gasteiger partial charge in [0.2, 0.25) is 33.3 Å². The van der Waals surface area contributed by atoms with E-state index in [1.54, 1.807) is 43.9 Å². The van der Waals surface area contributed by atoms with Crippen molar-refractivity contribution in [2.24, 2.45) is 16.6 Å². The second kappa shape index (κ2) is 41.0. The van der Waals surface area contributed by atoms with Crippen molar-refractivity contribution >= 4 is 45.6 Å². The first-order valence-electron chi connectivity index (χ1n) is 30.3. The number of hydrogen-bond acceptors (Lipinski definition) is 20. The van der Waals surface area contributed by atoms with Gasteiger partial charge in [0.25, 0.3) is 0 Å². The number of carbonyl (C=O) groups excluding carboxylic acids is 3. The Morgan fingerprint density at radius 2 is 1.17 bits per heavy atom. The highest BCUT2D eigenvalue weighted by molar-refractivity contribution is 7.89. The fraction of sp³-hybridized carbons (Fsp3) is 0.613. The number of amides is 2. The topological polar surface area (TPSA) is 256 Å². The third-order valence-electron chi connectivity index (χ3n) is 13.3. The smallest absolute Gasteiger partial charge is 0.407 e. The van der Waals surface area contributed by atoms with E-state index in [9.17, 15) is 40.4 Å². The number of aliphatic imine (C=N–C) groups is 1. The lowest BCUT2D eigenvalue weighted by Gasteiger charge is -2.40. The molecular formula is C62H90F4N6O17S. The zero-order chi connectivity index (χ0) is 65.2. The van der Waals surface area contributed by atoms with Gasteiger partial charge in [0.15, 0.2) is 11.6 Å². The number of alkyl carbamates (subject to hydrolysis) is 1. The van der Waals surface area contributed by atoms with Crippen LogP contribution < -0.4 is 15.8 Å². The van der Waals surface area contributed by atoms with Gasteiger partial charge in [-0.3, -0.25) is 9.59 Å². The van der Waals surface area contributed by atoms with Crippen LogP contribution in [0, 0.1) is 29.2 Å². The van der Waals surface area contributed by atoms with Gasteiger partial charge in [-0.05, 0) is 82.0 Å². The molecule has 0 spiro atoms. The number of amidine groups is 1. The average Bonchev–Trinajstić information content (AvgIpc) is 0.879. The normalized spacial score (nSPS) is 13.8. The van der Waals surface area contributed by atoms with Crippen molar-refractivity contribution in [3.05, 3.63) is 82.9 Å². The number of benzene rings is 3. The number of ether oxygens (including phenoxy) is 12. The number of rotatable bonds is 46. The van der Waals surface area contributed by atoms with Crippen LogP contribution in [0.3, 0.4) is 0 Å². The van der Waals surface area contributed by atoms with Gasteiger partial charge in [-0.25, -0.2) is 27.0 Å². The number of fused-ring (bicyclic) bond motifs is 1. The number of carbonyl (C=O) groups is 3. The van der Waals surface area contributed by atoms with Crippen molar-refractivity contribution in [2.75, 3.05) is 185 Å². The van der Waals surface area contributed by atoms with Gasteiger partial charge in [0, 0.05) is 69.4 Å². The first-order valence-corrected chi connectivity index (χ1v) is 31.7. The van der Waals surface area contributed by atoms with Crippen molar-refractivity contribution in [1.29, 1.82) is 0 Å². The Kier molecular flexibility index (Phi) is 34.1. The predicted molar refractivity (Wildman–Crippen MR) is 326 cm³/mol. The molecule has 28 heteroatoms. The molecule has 3 aromatic rings. The lowest BCUT2D eigenvalue weighted by molar-refractivity contribution is -0.136. The van der Waals surface area contributed by atoms with E-state index in [1.807, 2.05) is 44.3 Å². The largest absolute Gasteiger partial charge is 0.444 e. The molecule has 0 bridgehead atoms. The zero-order valence-corrected chi connectivity index (χ0v) is 53.2. The molecule has 0 aliphatic carbocycles. The van der Waals surface area contributed by atoms with Crippen LogP contribution in [0.4, 0.5) is 28.0 Å². The molecule has 3 N–H and O–H groups in total. The van der Waals surface area contributed by atoms with Gasteiger partial charge in [-0.2, -0.15) is 13.1 Å². The number of hydrogen-bond donors (Lipinski definition) is 2. The van der Waals surface area contributed by atoms with Crippen LogP contribution in [0.5, 0.6) is 5.75 Å². The van der Waals surface area contributed by atoms with Gasteiger partial charge in [-0.15, -0.1) is 0 Å². The van der Waals surface area contributed by atoms with Gasteiger partial charge in [0.05, 0.1) is 149 Å². The minimum absolute atomic E-state index is 0.0138. The lowest BCUT2D eigenvalue weighted by atomic mass is 10.0. The SMILES string of the molecule is CCCN(CCCNC(=O)OC(C)(C)C)C(=O)C1=Cc2ccc(-c3cccc(S(=O)(=O)N4CC(CN(C)CCOCCOCCOCCOCCOCCOCCOCCOCCOCCOCCC(=O)Oc5c(F)c(F)cc(F)c5F)C4)c3)cc2N=C(N)C1. The third kappa shape index (κ3) is 28.0. The Hall–Kier alpha value is -5.73. The molecule has 3 aromatic carbocycles. The minimum atomic E-state index is -3.74. The molecule has 0 saturated carbocycles. The van der Waals surface area contributed by atoms with Gasteiger partial charge >= 0.3 is 12.1 Å². The Morgan fingerprint density at radius 1 is 0.667 bits per heavy atom. The summed E-state index contributed by atoms with van der Waals surface area (Å²) in [5.41, 5.74) is 9.06. The summed E-state index contributed by atoms with van der Waals surface area (Å²) in [7, 11) is -1.75. The van der Waals surface area contributed by atoms with Crippen molar-refractivity contribution in [1.82, 2.24) is 19.4 Å². The number of nitrogens with zero attached hydrogens (tertiary/aromatic N) is 4. The van der Waals surface area contributed by atoms with E-state index in [-0.39, 0.29) is 61.5 Å². The number of sulfonamides is 1. The van der Waals surface area contributed by atoms with Crippen molar-refractivity contribution in [3.63, 3.8) is 0 Å². The van der Waals surface area contributed by atoms with E-state index < -0.39 is 63.1 Å². The van der Waals surface area contributed by atoms with E-state index in [1.165, 1.54) is 4.31 Å². The Balaban J connectivity index is 0.792. The first-order chi connectivity index (χ1) is 43.2. The molecule has 504 valence electrons. The highest BCUT2D eigenvalue weighted by atomic mass is 32.2. The molecule has 1 fully saturated rings. The molecule has 2 heterocycles. The van der Waals surface area contributed by atoms with Crippen LogP contribution in [0.1, 0.15) is 58.9 Å². The van der Waals surface area contributed by atoms with Crippen LogP contribution >= 0.6 is 0 Å². The number of nitrogens with one attached hydrogen (secondary N) is 1. The molecule has 2 aliphatic heterocycles. The number of nitrogens with two attached hydrogens (primary N) is 1. The number of esters is 1. The summed E-state index contributed by atoms with van der Waals surface area (Å²) in [5.74, 6) is -9.22. The fourth-order valence-corrected chi connectivity index (χ4v) is 10.5. The fourth-order valence-electron chi connectivity index (χ4n) is 8.88. The maximum Gasteiger partial charge on any atom is 0.407 e. The molecule has 2 amide bonds. The van der Waals surface area contributed by atoms with E-state index in [0.717, 1.165) is 24.1 Å². The Morgan fingerprint density at radius 3 is 1.68 bits per heavy atom.